The lowest BCUT2D eigenvalue weighted by atomic mass is 9.81. The third-order valence-electron chi connectivity index (χ3n) is 2.73. The summed E-state index contributed by atoms with van der Waals surface area (Å²) in [5.74, 6) is 0.432. The quantitative estimate of drug-likeness (QED) is 0.714. The number of ether oxygens (including phenoxy) is 1. The van der Waals surface area contributed by atoms with Gasteiger partial charge in [0.05, 0.1) is 0 Å². The van der Waals surface area contributed by atoms with Crippen molar-refractivity contribution in [3.63, 3.8) is 0 Å². The van der Waals surface area contributed by atoms with Gasteiger partial charge in [-0.1, -0.05) is 12.1 Å². The summed E-state index contributed by atoms with van der Waals surface area (Å²) in [5, 5.41) is 0. The van der Waals surface area contributed by atoms with Crippen LogP contribution in [-0.4, -0.2) is 25.5 Å². The molecule has 0 fully saturated rings. The van der Waals surface area contributed by atoms with Crippen molar-refractivity contribution >= 4 is 23.2 Å². The van der Waals surface area contributed by atoms with Crippen molar-refractivity contribution in [3.8, 4) is 0 Å². The van der Waals surface area contributed by atoms with E-state index < -0.39 is 5.41 Å². The van der Waals surface area contributed by atoms with Crippen LogP contribution in [0.4, 0.5) is 4.39 Å². The SMILES string of the molecule is COCCC(CCl)(CCl)c1cccc(F)c1. The molecule has 1 aromatic carbocycles. The van der Waals surface area contributed by atoms with E-state index in [1.165, 1.54) is 12.1 Å². The predicted octanol–water partition coefficient (Wildman–Crippen LogP) is 3.58. The Hall–Kier alpha value is -0.310. The fourth-order valence-electron chi connectivity index (χ4n) is 1.58. The second-order valence-electron chi connectivity index (χ2n) is 3.80. The topological polar surface area (TPSA) is 9.23 Å². The lowest BCUT2D eigenvalue weighted by Gasteiger charge is -2.30. The zero-order valence-electron chi connectivity index (χ0n) is 9.18. The highest BCUT2D eigenvalue weighted by Gasteiger charge is 2.30. The van der Waals surface area contributed by atoms with Gasteiger partial charge in [-0.3, -0.25) is 0 Å². The second kappa shape index (κ2) is 6.43. The molecule has 1 nitrogen and oxygen atoms in total. The van der Waals surface area contributed by atoms with Gasteiger partial charge in [-0.15, -0.1) is 23.2 Å². The molecule has 16 heavy (non-hydrogen) atoms. The first-order valence-corrected chi connectivity index (χ1v) is 6.12. The van der Waals surface area contributed by atoms with E-state index in [1.54, 1.807) is 13.2 Å². The molecule has 0 bridgehead atoms. The number of halogens is 3. The third kappa shape index (κ3) is 3.09. The van der Waals surface area contributed by atoms with Crippen molar-refractivity contribution in [1.82, 2.24) is 0 Å². The molecule has 90 valence electrons. The zero-order valence-corrected chi connectivity index (χ0v) is 10.7. The standard InChI is InChI=1S/C12H15Cl2FO/c1-16-6-5-12(8-13,9-14)10-3-2-4-11(15)7-10/h2-4,7H,5-6,8-9H2,1H3. The van der Waals surface area contributed by atoms with Crippen molar-refractivity contribution in [2.45, 2.75) is 11.8 Å². The molecule has 0 saturated carbocycles. The first kappa shape index (κ1) is 13.8. The lowest BCUT2D eigenvalue weighted by molar-refractivity contribution is 0.176. The minimum atomic E-state index is -0.415. The molecule has 0 spiro atoms. The Kier molecular flexibility index (Phi) is 5.53. The summed E-state index contributed by atoms with van der Waals surface area (Å²) in [4.78, 5) is 0. The zero-order chi connectivity index (χ0) is 12.0. The van der Waals surface area contributed by atoms with E-state index in [0.717, 1.165) is 5.56 Å². The number of rotatable bonds is 6. The van der Waals surface area contributed by atoms with Crippen LogP contribution in [0.2, 0.25) is 0 Å². The van der Waals surface area contributed by atoms with Gasteiger partial charge in [-0.2, -0.15) is 0 Å². The minimum absolute atomic E-state index is 0.269. The van der Waals surface area contributed by atoms with Gasteiger partial charge in [-0.05, 0) is 24.1 Å². The summed E-state index contributed by atoms with van der Waals surface area (Å²) < 4.78 is 18.2. The first-order valence-electron chi connectivity index (χ1n) is 5.05. The number of alkyl halides is 2. The molecule has 0 heterocycles. The summed E-state index contributed by atoms with van der Waals surface area (Å²) in [6, 6.07) is 6.42. The molecule has 0 atom stereocenters. The Morgan fingerprint density at radius 3 is 2.50 bits per heavy atom. The molecule has 1 aromatic rings. The molecule has 0 aliphatic carbocycles. The van der Waals surface area contributed by atoms with E-state index in [1.807, 2.05) is 6.07 Å². The fraction of sp³-hybridized carbons (Fsp3) is 0.500. The molecule has 0 unspecified atom stereocenters. The Morgan fingerprint density at radius 2 is 2.00 bits per heavy atom. The van der Waals surface area contributed by atoms with Crippen LogP contribution in [0.15, 0.2) is 24.3 Å². The highest BCUT2D eigenvalue weighted by Crippen LogP contribution is 2.31. The van der Waals surface area contributed by atoms with Gasteiger partial charge in [0.1, 0.15) is 5.82 Å². The van der Waals surface area contributed by atoms with Crippen LogP contribution in [-0.2, 0) is 10.2 Å². The van der Waals surface area contributed by atoms with E-state index in [4.69, 9.17) is 27.9 Å². The van der Waals surface area contributed by atoms with Gasteiger partial charge in [-0.25, -0.2) is 4.39 Å². The maximum Gasteiger partial charge on any atom is 0.123 e. The minimum Gasteiger partial charge on any atom is -0.385 e. The Bertz CT molecular complexity index is 327. The van der Waals surface area contributed by atoms with Gasteiger partial charge in [0, 0.05) is 30.9 Å². The largest absolute Gasteiger partial charge is 0.385 e. The molecule has 0 aliphatic rings. The van der Waals surface area contributed by atoms with Gasteiger partial charge in [0.25, 0.3) is 0 Å². The summed E-state index contributed by atoms with van der Waals surface area (Å²) >= 11 is 12.0. The average molecular weight is 265 g/mol. The average Bonchev–Trinajstić information content (AvgIpc) is 2.31. The summed E-state index contributed by atoms with van der Waals surface area (Å²) in [6.07, 6.45) is 0.681. The Morgan fingerprint density at radius 1 is 1.31 bits per heavy atom. The van der Waals surface area contributed by atoms with E-state index in [-0.39, 0.29) is 5.82 Å². The van der Waals surface area contributed by atoms with Crippen molar-refractivity contribution in [1.29, 1.82) is 0 Å². The maximum absolute atomic E-state index is 13.2. The molecule has 0 amide bonds. The van der Waals surface area contributed by atoms with Gasteiger partial charge in [0.15, 0.2) is 0 Å². The number of methoxy groups -OCH3 is 1. The third-order valence-corrected chi connectivity index (χ3v) is 3.76. The first-order chi connectivity index (χ1) is 7.68. The molecular weight excluding hydrogens is 250 g/mol. The van der Waals surface area contributed by atoms with Crippen molar-refractivity contribution in [2.75, 3.05) is 25.5 Å². The lowest BCUT2D eigenvalue weighted by Crippen LogP contribution is -2.32. The van der Waals surface area contributed by atoms with Gasteiger partial charge >= 0.3 is 0 Å². The summed E-state index contributed by atoms with van der Waals surface area (Å²) in [6.45, 7) is 0.552. The van der Waals surface area contributed by atoms with Crippen molar-refractivity contribution in [2.24, 2.45) is 0 Å². The van der Waals surface area contributed by atoms with E-state index in [0.29, 0.717) is 24.8 Å². The van der Waals surface area contributed by atoms with Crippen LogP contribution in [0.1, 0.15) is 12.0 Å². The molecule has 0 radical (unpaired) electrons. The van der Waals surface area contributed by atoms with Crippen LogP contribution in [0.25, 0.3) is 0 Å². The maximum atomic E-state index is 13.2. The van der Waals surface area contributed by atoms with E-state index >= 15 is 0 Å². The van der Waals surface area contributed by atoms with Crippen LogP contribution in [0.3, 0.4) is 0 Å². The van der Waals surface area contributed by atoms with Crippen LogP contribution >= 0.6 is 23.2 Å². The van der Waals surface area contributed by atoms with Gasteiger partial charge < -0.3 is 4.74 Å². The molecule has 4 heteroatoms. The highest BCUT2D eigenvalue weighted by molar-refractivity contribution is 6.22. The molecule has 1 rings (SSSR count). The smallest absolute Gasteiger partial charge is 0.123 e. The van der Waals surface area contributed by atoms with Crippen LogP contribution in [0, 0.1) is 5.82 Å². The number of hydrogen-bond acceptors (Lipinski definition) is 1. The second-order valence-corrected chi connectivity index (χ2v) is 4.34. The molecule has 0 N–H and O–H groups in total. The Labute approximate surface area is 106 Å². The number of benzene rings is 1. The monoisotopic (exact) mass is 264 g/mol. The highest BCUT2D eigenvalue weighted by atomic mass is 35.5. The number of hydrogen-bond donors (Lipinski definition) is 0. The molecule has 0 saturated heterocycles. The summed E-state index contributed by atoms with van der Waals surface area (Å²) in [7, 11) is 1.62. The normalized spacial score (nSPS) is 11.8. The van der Waals surface area contributed by atoms with Crippen LogP contribution < -0.4 is 0 Å². The molecule has 0 aliphatic heterocycles. The predicted molar refractivity (Wildman–Crippen MR) is 66.0 cm³/mol. The van der Waals surface area contributed by atoms with Gasteiger partial charge in [0.2, 0.25) is 0 Å². The van der Waals surface area contributed by atoms with Crippen LogP contribution in [0.5, 0.6) is 0 Å². The molecular formula is C12H15Cl2FO. The van der Waals surface area contributed by atoms with E-state index in [2.05, 4.69) is 0 Å². The summed E-state index contributed by atoms with van der Waals surface area (Å²) in [5.41, 5.74) is 0.413. The van der Waals surface area contributed by atoms with Crippen molar-refractivity contribution in [3.05, 3.63) is 35.6 Å². The molecule has 0 aromatic heterocycles. The Balaban J connectivity index is 2.99. The van der Waals surface area contributed by atoms with E-state index in [9.17, 15) is 4.39 Å². The fourth-order valence-corrected chi connectivity index (χ4v) is 2.45. The van der Waals surface area contributed by atoms with Crippen molar-refractivity contribution < 1.29 is 9.13 Å².